The van der Waals surface area contributed by atoms with Gasteiger partial charge in [-0.05, 0) is 12.2 Å². The van der Waals surface area contributed by atoms with E-state index >= 15 is 0 Å². The maximum atomic E-state index is 10.8. The van der Waals surface area contributed by atoms with E-state index in [4.69, 9.17) is 12.2 Å². The minimum Gasteiger partial charge on any atom is -0.357 e. The normalized spacial score (nSPS) is 18.5. The molecule has 0 aromatic rings. The summed E-state index contributed by atoms with van der Waals surface area (Å²) in [5.41, 5.74) is 0. The van der Waals surface area contributed by atoms with Crippen LogP contribution in [0.1, 0.15) is 0 Å². The fourth-order valence-corrected chi connectivity index (χ4v) is 1.59. The molecule has 0 spiro atoms. The van der Waals surface area contributed by atoms with Crippen molar-refractivity contribution in [3.05, 3.63) is 12.7 Å². The second-order valence-electron chi connectivity index (χ2n) is 2.23. The summed E-state index contributed by atoms with van der Waals surface area (Å²) < 4.78 is 0. The van der Waals surface area contributed by atoms with Crippen molar-refractivity contribution in [1.82, 2.24) is 10.6 Å². The molecule has 13 heavy (non-hydrogen) atoms. The number of aliphatic imine (C=N–C) groups is 1. The first-order valence-electron chi connectivity index (χ1n) is 3.62. The molecule has 4 nitrogen and oxygen atoms in total. The Kier molecular flexibility index (Phi) is 3.91. The number of thioether (sulfide) groups is 1. The van der Waals surface area contributed by atoms with E-state index in [9.17, 15) is 4.79 Å². The van der Waals surface area contributed by atoms with Gasteiger partial charge in [-0.2, -0.15) is 4.99 Å². The molecule has 0 aliphatic carbocycles. The third-order valence-corrected chi connectivity index (χ3v) is 2.30. The van der Waals surface area contributed by atoms with Gasteiger partial charge in [0, 0.05) is 6.54 Å². The lowest BCUT2D eigenvalue weighted by Gasteiger charge is -1.99. The standard InChI is InChI=1S/C7H9N3OS2/c1-2-3-8-6(12)10-7-9-5(11)4-13-7/h2H,1,3-4H2,(H2,8,9,10,11,12). The van der Waals surface area contributed by atoms with Gasteiger partial charge >= 0.3 is 0 Å². The van der Waals surface area contributed by atoms with Crippen molar-refractivity contribution in [2.45, 2.75) is 0 Å². The summed E-state index contributed by atoms with van der Waals surface area (Å²) in [6.07, 6.45) is 1.69. The van der Waals surface area contributed by atoms with E-state index in [0.29, 0.717) is 22.6 Å². The molecule has 2 N–H and O–H groups in total. The maximum absolute atomic E-state index is 10.8. The summed E-state index contributed by atoms with van der Waals surface area (Å²) in [6, 6.07) is 0. The number of hydrogen-bond acceptors (Lipinski definition) is 3. The van der Waals surface area contributed by atoms with Gasteiger partial charge in [-0.15, -0.1) is 6.58 Å². The van der Waals surface area contributed by atoms with Crippen molar-refractivity contribution in [3.8, 4) is 0 Å². The number of amides is 1. The van der Waals surface area contributed by atoms with Crippen LogP contribution < -0.4 is 10.6 Å². The van der Waals surface area contributed by atoms with Gasteiger partial charge in [-0.3, -0.25) is 4.79 Å². The zero-order chi connectivity index (χ0) is 9.68. The number of thiocarbonyl (C=S) groups is 1. The van der Waals surface area contributed by atoms with Gasteiger partial charge in [0.15, 0.2) is 10.3 Å². The monoisotopic (exact) mass is 215 g/mol. The Hall–Kier alpha value is -0.880. The van der Waals surface area contributed by atoms with Crippen LogP contribution in [0.2, 0.25) is 0 Å². The van der Waals surface area contributed by atoms with Crippen molar-refractivity contribution >= 4 is 40.2 Å². The molecule has 0 atom stereocenters. The van der Waals surface area contributed by atoms with Gasteiger partial charge in [-0.25, -0.2) is 0 Å². The number of hydrogen-bond donors (Lipinski definition) is 2. The van der Waals surface area contributed by atoms with Crippen LogP contribution in [-0.4, -0.2) is 28.5 Å². The maximum Gasteiger partial charge on any atom is 0.236 e. The smallest absolute Gasteiger partial charge is 0.236 e. The Balaban J connectivity index is 2.41. The van der Waals surface area contributed by atoms with Gasteiger partial charge in [0.25, 0.3) is 0 Å². The van der Waals surface area contributed by atoms with E-state index in [2.05, 4.69) is 22.2 Å². The summed E-state index contributed by atoms with van der Waals surface area (Å²) >= 11 is 6.23. The highest BCUT2D eigenvalue weighted by Crippen LogP contribution is 2.08. The lowest BCUT2D eigenvalue weighted by Crippen LogP contribution is -2.25. The van der Waals surface area contributed by atoms with Crippen molar-refractivity contribution in [1.29, 1.82) is 0 Å². The molecule has 70 valence electrons. The number of amidine groups is 1. The Morgan fingerprint density at radius 1 is 1.92 bits per heavy atom. The van der Waals surface area contributed by atoms with Crippen LogP contribution in [0.5, 0.6) is 0 Å². The summed E-state index contributed by atoms with van der Waals surface area (Å²) in [5.74, 6) is 0.387. The molecule has 0 aromatic heterocycles. The molecule has 1 aliphatic heterocycles. The molecular formula is C7H9N3OS2. The van der Waals surface area contributed by atoms with Crippen molar-refractivity contribution in [3.63, 3.8) is 0 Å². The van der Waals surface area contributed by atoms with Gasteiger partial charge < -0.3 is 10.6 Å². The highest BCUT2D eigenvalue weighted by atomic mass is 32.2. The van der Waals surface area contributed by atoms with Gasteiger partial charge in [0.05, 0.1) is 5.75 Å². The van der Waals surface area contributed by atoms with Gasteiger partial charge in [0.2, 0.25) is 5.91 Å². The summed E-state index contributed by atoms with van der Waals surface area (Å²) in [6.45, 7) is 4.11. The van der Waals surface area contributed by atoms with Crippen LogP contribution in [0.15, 0.2) is 17.6 Å². The number of carbonyl (C=O) groups is 1. The second kappa shape index (κ2) is 4.98. The van der Waals surface area contributed by atoms with E-state index in [1.165, 1.54) is 11.8 Å². The highest BCUT2D eigenvalue weighted by molar-refractivity contribution is 8.15. The quantitative estimate of drug-likeness (QED) is 0.513. The molecule has 1 aliphatic rings. The summed E-state index contributed by atoms with van der Waals surface area (Å²) in [7, 11) is 0. The first-order chi connectivity index (χ1) is 6.22. The summed E-state index contributed by atoms with van der Waals surface area (Å²) in [4.78, 5) is 14.7. The lowest BCUT2D eigenvalue weighted by molar-refractivity contribution is -0.116. The van der Waals surface area contributed by atoms with Crippen LogP contribution >= 0.6 is 24.0 Å². The van der Waals surface area contributed by atoms with Crippen LogP contribution in [0.4, 0.5) is 0 Å². The fourth-order valence-electron chi connectivity index (χ4n) is 0.677. The molecule has 0 unspecified atom stereocenters. The third-order valence-electron chi connectivity index (χ3n) is 1.19. The fraction of sp³-hybridized carbons (Fsp3) is 0.286. The van der Waals surface area contributed by atoms with E-state index in [1.807, 2.05) is 0 Å². The molecular weight excluding hydrogens is 206 g/mol. The Morgan fingerprint density at radius 3 is 3.23 bits per heavy atom. The zero-order valence-corrected chi connectivity index (χ0v) is 8.50. The molecule has 1 heterocycles. The first kappa shape index (κ1) is 10.2. The predicted octanol–water partition coefficient (Wildman–Crippen LogP) is 0.266. The second-order valence-corrected chi connectivity index (χ2v) is 3.58. The number of rotatable bonds is 2. The number of nitrogens with one attached hydrogen (secondary N) is 2. The molecule has 1 rings (SSSR count). The third kappa shape index (κ3) is 3.56. The largest absolute Gasteiger partial charge is 0.357 e. The molecule has 1 amide bonds. The van der Waals surface area contributed by atoms with Crippen LogP contribution in [0, 0.1) is 0 Å². The van der Waals surface area contributed by atoms with Crippen LogP contribution in [0.25, 0.3) is 0 Å². The van der Waals surface area contributed by atoms with E-state index in [1.54, 1.807) is 6.08 Å². The van der Waals surface area contributed by atoms with Crippen LogP contribution in [0.3, 0.4) is 0 Å². The van der Waals surface area contributed by atoms with E-state index in [0.717, 1.165) is 0 Å². The van der Waals surface area contributed by atoms with E-state index in [-0.39, 0.29) is 5.91 Å². The molecule has 0 saturated carbocycles. The molecule has 0 aromatic carbocycles. The van der Waals surface area contributed by atoms with E-state index < -0.39 is 0 Å². The topological polar surface area (TPSA) is 53.5 Å². The predicted molar refractivity (Wildman–Crippen MR) is 58.8 cm³/mol. The Labute approximate surface area is 85.9 Å². The number of carbonyl (C=O) groups excluding carboxylic acids is 1. The molecule has 6 heteroatoms. The average Bonchev–Trinajstić information content (AvgIpc) is 2.48. The molecule has 0 radical (unpaired) electrons. The van der Waals surface area contributed by atoms with Gasteiger partial charge in [-0.1, -0.05) is 17.8 Å². The lowest BCUT2D eigenvalue weighted by atomic mass is 10.6. The average molecular weight is 215 g/mol. The number of nitrogens with zero attached hydrogens (tertiary/aromatic N) is 1. The highest BCUT2D eigenvalue weighted by Gasteiger charge is 2.16. The Morgan fingerprint density at radius 2 is 2.69 bits per heavy atom. The van der Waals surface area contributed by atoms with Crippen molar-refractivity contribution in [2.75, 3.05) is 12.3 Å². The molecule has 0 bridgehead atoms. The SMILES string of the molecule is C=CCNC(=S)/N=C1/NC(=O)CS1. The minimum absolute atomic E-state index is 0.0322. The minimum atomic E-state index is -0.0322. The zero-order valence-electron chi connectivity index (χ0n) is 6.87. The Bertz CT molecular complexity index is 275. The van der Waals surface area contributed by atoms with Crippen molar-refractivity contribution in [2.24, 2.45) is 4.99 Å². The van der Waals surface area contributed by atoms with Crippen molar-refractivity contribution < 1.29 is 4.79 Å². The summed E-state index contributed by atoms with van der Waals surface area (Å²) in [5, 5.41) is 6.34. The first-order valence-corrected chi connectivity index (χ1v) is 5.02. The van der Waals surface area contributed by atoms with Gasteiger partial charge in [0.1, 0.15) is 0 Å². The molecule has 1 fully saturated rings. The molecule has 1 saturated heterocycles. The van der Waals surface area contributed by atoms with Crippen LogP contribution in [-0.2, 0) is 4.79 Å².